The van der Waals surface area contributed by atoms with Gasteiger partial charge in [-0.15, -0.1) is 24.0 Å². The maximum atomic E-state index is 12.6. The zero-order valence-corrected chi connectivity index (χ0v) is 17.9. The van der Waals surface area contributed by atoms with E-state index >= 15 is 0 Å². The number of ether oxygens (including phenoxy) is 1. The lowest BCUT2D eigenvalue weighted by Crippen LogP contribution is -2.44. The van der Waals surface area contributed by atoms with E-state index < -0.39 is 6.61 Å². The van der Waals surface area contributed by atoms with E-state index in [-0.39, 0.29) is 35.8 Å². The van der Waals surface area contributed by atoms with Gasteiger partial charge in [0.2, 0.25) is 0 Å². The molecular formula is C18H29F2IN4O. The topological polar surface area (TPSA) is 48.9 Å². The van der Waals surface area contributed by atoms with Gasteiger partial charge >= 0.3 is 6.61 Å². The molecule has 148 valence electrons. The number of rotatable bonds is 7. The largest absolute Gasteiger partial charge is 0.433 e. The smallest absolute Gasteiger partial charge is 0.387 e. The first-order valence-electron chi connectivity index (χ1n) is 8.83. The van der Waals surface area contributed by atoms with Gasteiger partial charge in [0.25, 0.3) is 0 Å². The highest BCUT2D eigenvalue weighted by atomic mass is 127. The highest BCUT2D eigenvalue weighted by Gasteiger charge is 2.26. The van der Waals surface area contributed by atoms with Crippen molar-refractivity contribution in [2.24, 2.45) is 10.9 Å². The summed E-state index contributed by atoms with van der Waals surface area (Å²) < 4.78 is 29.8. The molecule has 8 heteroatoms. The number of alkyl halides is 2. The molecule has 2 N–H and O–H groups in total. The van der Waals surface area contributed by atoms with Crippen molar-refractivity contribution in [3.8, 4) is 5.75 Å². The van der Waals surface area contributed by atoms with E-state index in [1.807, 2.05) is 19.1 Å². The minimum Gasteiger partial charge on any atom is -0.433 e. The van der Waals surface area contributed by atoms with E-state index in [0.29, 0.717) is 11.6 Å². The lowest BCUT2D eigenvalue weighted by Gasteiger charge is -2.22. The fraction of sp³-hybridized carbons (Fsp3) is 0.611. The summed E-state index contributed by atoms with van der Waals surface area (Å²) in [5, 5.41) is 6.69. The predicted molar refractivity (Wildman–Crippen MR) is 113 cm³/mol. The minimum absolute atomic E-state index is 0. The summed E-state index contributed by atoms with van der Waals surface area (Å²) in [5.41, 5.74) is 0.705. The van der Waals surface area contributed by atoms with Gasteiger partial charge in [0.1, 0.15) is 5.75 Å². The van der Waals surface area contributed by atoms with E-state index in [2.05, 4.69) is 39.1 Å². The van der Waals surface area contributed by atoms with Crippen LogP contribution in [0.15, 0.2) is 29.3 Å². The van der Waals surface area contributed by atoms with E-state index in [1.165, 1.54) is 0 Å². The summed E-state index contributed by atoms with van der Waals surface area (Å²) in [6, 6.07) is 7.15. The molecule has 1 aromatic rings. The summed E-state index contributed by atoms with van der Waals surface area (Å²) in [4.78, 5) is 6.65. The molecular weight excluding hydrogens is 453 g/mol. The maximum Gasteiger partial charge on any atom is 0.387 e. The highest BCUT2D eigenvalue weighted by molar-refractivity contribution is 14.0. The fourth-order valence-electron chi connectivity index (χ4n) is 2.80. The van der Waals surface area contributed by atoms with Crippen LogP contribution in [0.1, 0.15) is 27.2 Å². The number of nitrogens with zero attached hydrogens (tertiary/aromatic N) is 2. The van der Waals surface area contributed by atoms with Crippen molar-refractivity contribution in [2.45, 2.75) is 39.8 Å². The molecule has 1 aliphatic heterocycles. The van der Waals surface area contributed by atoms with Crippen LogP contribution in [-0.4, -0.2) is 44.8 Å². The summed E-state index contributed by atoms with van der Waals surface area (Å²) in [6.45, 7) is 6.53. The van der Waals surface area contributed by atoms with Crippen molar-refractivity contribution < 1.29 is 13.5 Å². The Morgan fingerprint density at radius 2 is 2.08 bits per heavy atom. The Kier molecular flexibility index (Phi) is 9.97. The van der Waals surface area contributed by atoms with Gasteiger partial charge in [0, 0.05) is 32.2 Å². The normalized spacial score (nSPS) is 17.4. The number of benzene rings is 1. The summed E-state index contributed by atoms with van der Waals surface area (Å²) in [6.07, 6.45) is 0.912. The standard InChI is InChI=1S/C18H28F2N4O.HI/c1-4-21-18(22-11-13(2)3)23-14-9-10-24(12-14)15-7-5-6-8-16(15)25-17(19)20;/h5-8,13-14,17H,4,9-12H2,1-3H3,(H2,21,22,23);1H. The predicted octanol–water partition coefficient (Wildman–Crippen LogP) is 3.70. The average molecular weight is 482 g/mol. The molecule has 0 aliphatic carbocycles. The second-order valence-electron chi connectivity index (χ2n) is 6.54. The molecule has 1 aliphatic rings. The Labute approximate surface area is 171 Å². The van der Waals surface area contributed by atoms with Crippen LogP contribution in [0.3, 0.4) is 0 Å². The zero-order valence-electron chi connectivity index (χ0n) is 15.5. The molecule has 5 nitrogen and oxygen atoms in total. The Morgan fingerprint density at radius 1 is 1.35 bits per heavy atom. The Bertz CT molecular complexity index is 572. The first kappa shape index (κ1) is 22.7. The van der Waals surface area contributed by atoms with Crippen LogP contribution in [0.2, 0.25) is 0 Å². The van der Waals surface area contributed by atoms with Crippen LogP contribution >= 0.6 is 24.0 Å². The lowest BCUT2D eigenvalue weighted by atomic mass is 10.2. The molecule has 1 atom stereocenters. The zero-order chi connectivity index (χ0) is 18.2. The number of anilines is 1. The molecule has 1 fully saturated rings. The van der Waals surface area contributed by atoms with Crippen molar-refractivity contribution in [3.63, 3.8) is 0 Å². The molecule has 1 aromatic carbocycles. The molecule has 1 saturated heterocycles. The van der Waals surface area contributed by atoms with Gasteiger partial charge in [-0.05, 0) is 31.4 Å². The van der Waals surface area contributed by atoms with Crippen LogP contribution in [0.5, 0.6) is 5.75 Å². The second-order valence-corrected chi connectivity index (χ2v) is 6.54. The van der Waals surface area contributed by atoms with Crippen molar-refractivity contribution in [2.75, 3.05) is 31.1 Å². The van der Waals surface area contributed by atoms with Gasteiger partial charge in [-0.25, -0.2) is 0 Å². The van der Waals surface area contributed by atoms with Crippen molar-refractivity contribution >= 4 is 35.6 Å². The van der Waals surface area contributed by atoms with Gasteiger partial charge in [0.15, 0.2) is 5.96 Å². The number of nitrogens with one attached hydrogen (secondary N) is 2. The van der Waals surface area contributed by atoms with Crippen molar-refractivity contribution in [1.29, 1.82) is 0 Å². The minimum atomic E-state index is -2.82. The first-order chi connectivity index (χ1) is 12.0. The quantitative estimate of drug-likeness (QED) is 0.354. The van der Waals surface area contributed by atoms with Crippen LogP contribution in [0.25, 0.3) is 0 Å². The van der Waals surface area contributed by atoms with Gasteiger partial charge in [-0.1, -0.05) is 26.0 Å². The van der Waals surface area contributed by atoms with Crippen LogP contribution in [0.4, 0.5) is 14.5 Å². The molecule has 0 bridgehead atoms. The Hall–Kier alpha value is -1.32. The van der Waals surface area contributed by atoms with Gasteiger partial charge in [-0.3, -0.25) is 4.99 Å². The summed E-state index contributed by atoms with van der Waals surface area (Å²) >= 11 is 0. The number of guanidine groups is 1. The molecule has 0 amide bonds. The SMILES string of the molecule is CCNC(=NCC(C)C)NC1CCN(c2ccccc2OC(F)F)C1.I. The second kappa shape index (κ2) is 11.4. The Balaban J connectivity index is 0.00000338. The van der Waals surface area contributed by atoms with Gasteiger partial charge in [0.05, 0.1) is 5.69 Å². The molecule has 0 aromatic heterocycles. The number of hydrogen-bond donors (Lipinski definition) is 2. The Morgan fingerprint density at radius 3 is 2.73 bits per heavy atom. The molecule has 0 spiro atoms. The maximum absolute atomic E-state index is 12.6. The average Bonchev–Trinajstić information content (AvgIpc) is 3.01. The van der Waals surface area contributed by atoms with Crippen LogP contribution in [0, 0.1) is 5.92 Å². The molecule has 26 heavy (non-hydrogen) atoms. The lowest BCUT2D eigenvalue weighted by molar-refractivity contribution is -0.0495. The molecule has 1 unspecified atom stereocenters. The van der Waals surface area contributed by atoms with E-state index in [1.54, 1.807) is 12.1 Å². The monoisotopic (exact) mass is 482 g/mol. The third kappa shape index (κ3) is 7.13. The van der Waals surface area contributed by atoms with E-state index in [9.17, 15) is 8.78 Å². The summed E-state index contributed by atoms with van der Waals surface area (Å²) in [7, 11) is 0. The number of hydrogen-bond acceptors (Lipinski definition) is 3. The number of para-hydroxylation sites is 2. The van der Waals surface area contributed by atoms with E-state index in [4.69, 9.17) is 0 Å². The molecule has 0 saturated carbocycles. The van der Waals surface area contributed by atoms with Crippen molar-refractivity contribution in [1.82, 2.24) is 10.6 Å². The van der Waals surface area contributed by atoms with Gasteiger partial charge < -0.3 is 20.3 Å². The molecule has 2 rings (SSSR count). The number of halogens is 3. The molecule has 1 heterocycles. The third-order valence-electron chi connectivity index (χ3n) is 3.91. The first-order valence-corrected chi connectivity index (χ1v) is 8.83. The summed E-state index contributed by atoms with van der Waals surface area (Å²) in [5.74, 6) is 1.52. The van der Waals surface area contributed by atoms with Gasteiger partial charge in [-0.2, -0.15) is 8.78 Å². The molecule has 0 radical (unpaired) electrons. The van der Waals surface area contributed by atoms with Crippen molar-refractivity contribution in [3.05, 3.63) is 24.3 Å². The van der Waals surface area contributed by atoms with E-state index in [0.717, 1.165) is 38.6 Å². The fourth-order valence-corrected chi connectivity index (χ4v) is 2.80. The van der Waals surface area contributed by atoms with Crippen LogP contribution < -0.4 is 20.3 Å². The van der Waals surface area contributed by atoms with Crippen LogP contribution in [-0.2, 0) is 0 Å². The third-order valence-corrected chi connectivity index (χ3v) is 3.91. The highest BCUT2D eigenvalue weighted by Crippen LogP contribution is 2.31. The number of aliphatic imine (C=N–C) groups is 1.